The summed E-state index contributed by atoms with van der Waals surface area (Å²) in [6.45, 7) is 0. The SMILES string of the molecule is Fc1ccc(C(F)F)cc1Cl. The Morgan fingerprint density at radius 1 is 1.27 bits per heavy atom. The van der Waals surface area contributed by atoms with Gasteiger partial charge in [0.15, 0.2) is 0 Å². The predicted octanol–water partition coefficient (Wildman–Crippen LogP) is 3.42. The Labute approximate surface area is 66.6 Å². The van der Waals surface area contributed by atoms with E-state index < -0.39 is 12.2 Å². The van der Waals surface area contributed by atoms with Crippen molar-refractivity contribution in [1.82, 2.24) is 0 Å². The first-order valence-corrected chi connectivity index (χ1v) is 3.22. The molecule has 0 N–H and O–H groups in total. The van der Waals surface area contributed by atoms with Crippen molar-refractivity contribution in [1.29, 1.82) is 0 Å². The van der Waals surface area contributed by atoms with Gasteiger partial charge in [-0.3, -0.25) is 0 Å². The quantitative estimate of drug-likeness (QED) is 0.621. The first kappa shape index (κ1) is 8.40. The highest BCUT2D eigenvalue weighted by molar-refractivity contribution is 6.30. The molecule has 60 valence electrons. The van der Waals surface area contributed by atoms with Crippen LogP contribution in [0.25, 0.3) is 0 Å². The van der Waals surface area contributed by atoms with Crippen LogP contribution < -0.4 is 0 Å². The molecule has 0 aliphatic heterocycles. The molecule has 11 heavy (non-hydrogen) atoms. The molecule has 0 aromatic heterocycles. The highest BCUT2D eigenvalue weighted by Crippen LogP contribution is 2.23. The molecule has 1 rings (SSSR count). The van der Waals surface area contributed by atoms with Crippen molar-refractivity contribution in [2.24, 2.45) is 0 Å². The zero-order chi connectivity index (χ0) is 8.43. The fourth-order valence-corrected chi connectivity index (χ4v) is 0.837. The lowest BCUT2D eigenvalue weighted by Gasteiger charge is -1.99. The molecule has 1 aromatic carbocycles. The summed E-state index contributed by atoms with van der Waals surface area (Å²) < 4.78 is 36.2. The van der Waals surface area contributed by atoms with Gasteiger partial charge in [0.2, 0.25) is 0 Å². The van der Waals surface area contributed by atoms with Crippen molar-refractivity contribution < 1.29 is 13.2 Å². The minimum Gasteiger partial charge on any atom is -0.205 e. The average molecular weight is 181 g/mol. The van der Waals surface area contributed by atoms with E-state index in [0.29, 0.717) is 0 Å². The largest absolute Gasteiger partial charge is 0.263 e. The lowest BCUT2D eigenvalue weighted by atomic mass is 10.2. The standard InChI is InChI=1S/C7H4ClF3/c8-5-3-4(7(10)11)1-2-6(5)9/h1-3,7H. The molecule has 0 fully saturated rings. The molecule has 4 heteroatoms. The lowest BCUT2D eigenvalue weighted by Crippen LogP contribution is -1.85. The van der Waals surface area contributed by atoms with E-state index in [9.17, 15) is 13.2 Å². The Hall–Kier alpha value is -0.700. The van der Waals surface area contributed by atoms with Crippen LogP contribution in [0.3, 0.4) is 0 Å². The second-order valence-electron chi connectivity index (χ2n) is 1.97. The van der Waals surface area contributed by atoms with Gasteiger partial charge in [0, 0.05) is 5.56 Å². The van der Waals surface area contributed by atoms with E-state index in [1.807, 2.05) is 0 Å². The van der Waals surface area contributed by atoms with Crippen LogP contribution >= 0.6 is 11.6 Å². The number of hydrogen-bond acceptors (Lipinski definition) is 0. The molecule has 1 aromatic rings. The lowest BCUT2D eigenvalue weighted by molar-refractivity contribution is 0.151. The molecule has 0 radical (unpaired) electrons. The Morgan fingerprint density at radius 2 is 1.91 bits per heavy atom. The average Bonchev–Trinajstić information content (AvgIpc) is 1.94. The summed E-state index contributed by atoms with van der Waals surface area (Å²) >= 11 is 5.25. The van der Waals surface area contributed by atoms with Gasteiger partial charge in [0.1, 0.15) is 5.82 Å². The molecule has 0 aliphatic rings. The molecule has 0 aliphatic carbocycles. The third-order valence-electron chi connectivity index (χ3n) is 1.20. The molecule has 0 amide bonds. The van der Waals surface area contributed by atoms with Gasteiger partial charge >= 0.3 is 0 Å². The highest BCUT2D eigenvalue weighted by atomic mass is 35.5. The van der Waals surface area contributed by atoms with Crippen LogP contribution in [0.2, 0.25) is 5.02 Å². The molecule has 0 spiro atoms. The number of halogens is 4. The molecular weight excluding hydrogens is 177 g/mol. The smallest absolute Gasteiger partial charge is 0.205 e. The minimum atomic E-state index is -2.60. The molecular formula is C7H4ClF3. The van der Waals surface area contributed by atoms with Gasteiger partial charge in [0.25, 0.3) is 6.43 Å². The van der Waals surface area contributed by atoms with Crippen LogP contribution in [0.4, 0.5) is 13.2 Å². The van der Waals surface area contributed by atoms with E-state index in [-0.39, 0.29) is 10.6 Å². The van der Waals surface area contributed by atoms with Gasteiger partial charge in [0.05, 0.1) is 5.02 Å². The second kappa shape index (κ2) is 3.13. The molecule has 0 atom stereocenters. The minimum absolute atomic E-state index is 0.267. The Kier molecular flexibility index (Phi) is 2.39. The zero-order valence-electron chi connectivity index (χ0n) is 5.32. The highest BCUT2D eigenvalue weighted by Gasteiger charge is 2.08. The van der Waals surface area contributed by atoms with Crippen molar-refractivity contribution in [3.63, 3.8) is 0 Å². The third kappa shape index (κ3) is 1.87. The van der Waals surface area contributed by atoms with Crippen LogP contribution in [0.15, 0.2) is 18.2 Å². The van der Waals surface area contributed by atoms with Crippen molar-refractivity contribution in [3.05, 3.63) is 34.6 Å². The maximum Gasteiger partial charge on any atom is 0.263 e. The molecule has 0 saturated carbocycles. The summed E-state index contributed by atoms with van der Waals surface area (Å²) in [5, 5.41) is -0.275. The second-order valence-corrected chi connectivity index (χ2v) is 2.38. The van der Waals surface area contributed by atoms with E-state index in [1.54, 1.807) is 0 Å². The Morgan fingerprint density at radius 3 is 2.36 bits per heavy atom. The summed E-state index contributed by atoms with van der Waals surface area (Å²) in [7, 11) is 0. The molecule has 0 saturated heterocycles. The normalized spacial score (nSPS) is 10.6. The summed E-state index contributed by atoms with van der Waals surface area (Å²) in [6.07, 6.45) is -2.60. The van der Waals surface area contributed by atoms with Gasteiger partial charge < -0.3 is 0 Å². The fraction of sp³-hybridized carbons (Fsp3) is 0.143. The molecule has 0 heterocycles. The summed E-state index contributed by atoms with van der Waals surface area (Å²) in [5.41, 5.74) is -0.267. The van der Waals surface area contributed by atoms with Crippen LogP contribution in [0.1, 0.15) is 12.0 Å². The van der Waals surface area contributed by atoms with E-state index in [1.165, 1.54) is 0 Å². The van der Waals surface area contributed by atoms with Crippen molar-refractivity contribution in [2.45, 2.75) is 6.43 Å². The maximum absolute atomic E-state index is 12.4. The Bertz CT molecular complexity index is 260. The van der Waals surface area contributed by atoms with Gasteiger partial charge in [-0.25, -0.2) is 13.2 Å². The topological polar surface area (TPSA) is 0 Å². The van der Waals surface area contributed by atoms with Crippen molar-refractivity contribution >= 4 is 11.6 Å². The van der Waals surface area contributed by atoms with Crippen LogP contribution in [0.5, 0.6) is 0 Å². The first-order chi connectivity index (χ1) is 5.11. The van der Waals surface area contributed by atoms with E-state index in [0.717, 1.165) is 18.2 Å². The van der Waals surface area contributed by atoms with Gasteiger partial charge in [-0.1, -0.05) is 17.7 Å². The number of rotatable bonds is 1. The molecule has 0 unspecified atom stereocenters. The fourth-order valence-electron chi connectivity index (χ4n) is 0.648. The van der Waals surface area contributed by atoms with Crippen molar-refractivity contribution in [3.8, 4) is 0 Å². The number of hydrogen-bond donors (Lipinski definition) is 0. The van der Waals surface area contributed by atoms with Crippen molar-refractivity contribution in [2.75, 3.05) is 0 Å². The molecule has 0 bridgehead atoms. The summed E-state index contributed by atoms with van der Waals surface area (Å²) in [5.74, 6) is -0.684. The van der Waals surface area contributed by atoms with Gasteiger partial charge in [-0.05, 0) is 12.1 Å². The van der Waals surface area contributed by atoms with E-state index in [4.69, 9.17) is 11.6 Å². The maximum atomic E-state index is 12.4. The first-order valence-electron chi connectivity index (χ1n) is 2.84. The zero-order valence-corrected chi connectivity index (χ0v) is 6.08. The number of alkyl halides is 2. The van der Waals surface area contributed by atoms with E-state index >= 15 is 0 Å². The van der Waals surface area contributed by atoms with Crippen LogP contribution in [-0.2, 0) is 0 Å². The Balaban J connectivity index is 3.05. The summed E-state index contributed by atoms with van der Waals surface area (Å²) in [4.78, 5) is 0. The third-order valence-corrected chi connectivity index (χ3v) is 1.49. The van der Waals surface area contributed by atoms with Gasteiger partial charge in [-0.15, -0.1) is 0 Å². The van der Waals surface area contributed by atoms with Crippen LogP contribution in [-0.4, -0.2) is 0 Å². The monoisotopic (exact) mass is 180 g/mol. The summed E-state index contributed by atoms with van der Waals surface area (Å²) in [6, 6.07) is 2.84. The molecule has 0 nitrogen and oxygen atoms in total. The van der Waals surface area contributed by atoms with Crippen LogP contribution in [0, 0.1) is 5.82 Å². The van der Waals surface area contributed by atoms with E-state index in [2.05, 4.69) is 0 Å². The number of benzene rings is 1. The predicted molar refractivity (Wildman–Crippen MR) is 36.4 cm³/mol. The van der Waals surface area contributed by atoms with Gasteiger partial charge in [-0.2, -0.15) is 0 Å².